The molecule has 2 aromatic rings. The average Bonchev–Trinajstić information content (AvgIpc) is 2.76. The Kier molecular flexibility index (Phi) is 7.45. The predicted octanol–water partition coefficient (Wildman–Crippen LogP) is 0.604. The Bertz CT molecular complexity index is 881. The zero-order chi connectivity index (χ0) is 21.3. The van der Waals surface area contributed by atoms with Crippen molar-refractivity contribution >= 4 is 17.5 Å². The molecular formula is C23H29N4O3+. The SMILES string of the molecule is COc1ccc(C2=CCC(=O)N(CC(=O)NCC[NH+](C)Cc3ccccc3)N2)cc1. The number of likely N-dealkylation sites (N-methyl/N-ethyl adjacent to an activating group) is 1. The summed E-state index contributed by atoms with van der Waals surface area (Å²) in [6, 6.07) is 17.8. The van der Waals surface area contributed by atoms with Gasteiger partial charge in [0.15, 0.2) is 0 Å². The van der Waals surface area contributed by atoms with Crippen molar-refractivity contribution < 1.29 is 19.2 Å². The van der Waals surface area contributed by atoms with E-state index in [1.54, 1.807) is 7.11 Å². The first kappa shape index (κ1) is 21.4. The molecule has 2 aromatic carbocycles. The van der Waals surface area contributed by atoms with Gasteiger partial charge in [0, 0.05) is 12.0 Å². The zero-order valence-corrected chi connectivity index (χ0v) is 17.5. The van der Waals surface area contributed by atoms with E-state index in [-0.39, 0.29) is 24.8 Å². The summed E-state index contributed by atoms with van der Waals surface area (Å²) >= 11 is 0. The molecule has 1 aliphatic heterocycles. The predicted molar refractivity (Wildman–Crippen MR) is 115 cm³/mol. The number of hydrogen-bond acceptors (Lipinski definition) is 4. The van der Waals surface area contributed by atoms with Gasteiger partial charge in [-0.15, -0.1) is 0 Å². The summed E-state index contributed by atoms with van der Waals surface area (Å²) in [6.45, 7) is 2.24. The number of hydrazine groups is 1. The molecule has 1 aliphatic rings. The standard InChI is InChI=1S/C23H28N4O3/c1-26(16-18-6-4-3-5-7-18)15-14-24-22(28)17-27-23(29)13-12-21(25-27)19-8-10-20(30-2)11-9-19/h3-12,25H,13-17H2,1-2H3,(H,24,28)/p+1. The van der Waals surface area contributed by atoms with E-state index >= 15 is 0 Å². The van der Waals surface area contributed by atoms with E-state index in [0.717, 1.165) is 30.1 Å². The van der Waals surface area contributed by atoms with Crippen LogP contribution < -0.4 is 20.4 Å². The number of hydrogen-bond donors (Lipinski definition) is 3. The van der Waals surface area contributed by atoms with Crippen molar-refractivity contribution in [3.8, 4) is 5.75 Å². The number of methoxy groups -OCH3 is 1. The lowest BCUT2D eigenvalue weighted by atomic mass is 10.1. The highest BCUT2D eigenvalue weighted by atomic mass is 16.5. The van der Waals surface area contributed by atoms with Gasteiger partial charge >= 0.3 is 0 Å². The highest BCUT2D eigenvalue weighted by Crippen LogP contribution is 2.20. The van der Waals surface area contributed by atoms with Gasteiger partial charge in [-0.25, -0.2) is 5.01 Å². The molecule has 3 N–H and O–H groups in total. The number of amides is 2. The van der Waals surface area contributed by atoms with Crippen molar-refractivity contribution in [3.05, 3.63) is 71.8 Å². The molecule has 2 amide bonds. The summed E-state index contributed by atoms with van der Waals surface area (Å²) in [6.07, 6.45) is 2.09. The Morgan fingerprint density at radius 1 is 1.17 bits per heavy atom. The summed E-state index contributed by atoms with van der Waals surface area (Å²) in [4.78, 5) is 25.8. The van der Waals surface area contributed by atoms with Gasteiger partial charge in [-0.1, -0.05) is 30.3 Å². The number of nitrogens with one attached hydrogen (secondary N) is 3. The minimum atomic E-state index is -0.181. The van der Waals surface area contributed by atoms with Crippen LogP contribution in [0.4, 0.5) is 0 Å². The maximum absolute atomic E-state index is 12.3. The topological polar surface area (TPSA) is 75.1 Å². The lowest BCUT2D eigenvalue weighted by Gasteiger charge is -2.29. The Hall–Kier alpha value is -3.32. The maximum Gasteiger partial charge on any atom is 0.245 e. The van der Waals surface area contributed by atoms with Crippen molar-refractivity contribution in [3.63, 3.8) is 0 Å². The first-order valence-electron chi connectivity index (χ1n) is 10.1. The molecule has 0 bridgehead atoms. The smallest absolute Gasteiger partial charge is 0.245 e. The van der Waals surface area contributed by atoms with Gasteiger partial charge < -0.3 is 15.0 Å². The van der Waals surface area contributed by atoms with Crippen molar-refractivity contribution in [2.45, 2.75) is 13.0 Å². The van der Waals surface area contributed by atoms with Crippen LogP contribution in [0.15, 0.2) is 60.7 Å². The van der Waals surface area contributed by atoms with Crippen LogP contribution in [0.1, 0.15) is 17.5 Å². The normalized spacial score (nSPS) is 14.5. The van der Waals surface area contributed by atoms with E-state index in [1.807, 2.05) is 48.5 Å². The molecule has 1 heterocycles. The van der Waals surface area contributed by atoms with Gasteiger partial charge in [-0.2, -0.15) is 0 Å². The number of carbonyl (C=O) groups excluding carboxylic acids is 2. The quantitative estimate of drug-likeness (QED) is 0.567. The minimum Gasteiger partial charge on any atom is -0.497 e. The van der Waals surface area contributed by atoms with Gasteiger partial charge in [0.25, 0.3) is 0 Å². The molecule has 1 unspecified atom stereocenters. The summed E-state index contributed by atoms with van der Waals surface area (Å²) in [5.74, 6) is 0.454. The van der Waals surface area contributed by atoms with Crippen LogP contribution in [0.3, 0.4) is 0 Å². The Labute approximate surface area is 177 Å². The molecule has 0 spiro atoms. The Morgan fingerprint density at radius 2 is 1.90 bits per heavy atom. The molecule has 7 nitrogen and oxygen atoms in total. The Morgan fingerprint density at radius 3 is 2.60 bits per heavy atom. The molecular weight excluding hydrogens is 380 g/mol. The largest absolute Gasteiger partial charge is 0.497 e. The maximum atomic E-state index is 12.3. The van der Waals surface area contributed by atoms with E-state index in [0.29, 0.717) is 6.54 Å². The van der Waals surface area contributed by atoms with Crippen molar-refractivity contribution in [1.29, 1.82) is 0 Å². The number of rotatable bonds is 9. The van der Waals surface area contributed by atoms with E-state index < -0.39 is 0 Å². The van der Waals surface area contributed by atoms with Crippen LogP contribution in [0.2, 0.25) is 0 Å². The number of carbonyl (C=O) groups is 2. The van der Waals surface area contributed by atoms with Gasteiger partial charge in [-0.05, 0) is 35.9 Å². The van der Waals surface area contributed by atoms with Crippen LogP contribution in [0.5, 0.6) is 5.75 Å². The fourth-order valence-corrected chi connectivity index (χ4v) is 3.28. The fraction of sp³-hybridized carbons (Fsp3) is 0.304. The fourth-order valence-electron chi connectivity index (χ4n) is 3.28. The van der Waals surface area contributed by atoms with Crippen LogP contribution in [-0.2, 0) is 16.1 Å². The summed E-state index contributed by atoms with van der Waals surface area (Å²) in [7, 11) is 3.72. The van der Waals surface area contributed by atoms with Gasteiger partial charge in [-0.3, -0.25) is 15.0 Å². The summed E-state index contributed by atoms with van der Waals surface area (Å²) in [5.41, 5.74) is 6.06. The molecule has 1 atom stereocenters. The van der Waals surface area contributed by atoms with Crippen LogP contribution in [0.25, 0.3) is 5.70 Å². The first-order chi connectivity index (χ1) is 14.5. The number of ether oxygens (including phenoxy) is 1. The van der Waals surface area contributed by atoms with E-state index in [2.05, 4.69) is 29.9 Å². The van der Waals surface area contributed by atoms with Crippen molar-refractivity contribution in [1.82, 2.24) is 15.8 Å². The van der Waals surface area contributed by atoms with Gasteiger partial charge in [0.1, 0.15) is 18.8 Å². The molecule has 30 heavy (non-hydrogen) atoms. The molecule has 0 aromatic heterocycles. The summed E-state index contributed by atoms with van der Waals surface area (Å²) < 4.78 is 5.18. The molecule has 0 fully saturated rings. The highest BCUT2D eigenvalue weighted by Gasteiger charge is 2.22. The van der Waals surface area contributed by atoms with Crippen molar-refractivity contribution in [2.24, 2.45) is 0 Å². The van der Waals surface area contributed by atoms with Gasteiger partial charge in [0.2, 0.25) is 11.8 Å². The third kappa shape index (κ3) is 6.09. The number of benzene rings is 2. The molecule has 0 aliphatic carbocycles. The van der Waals surface area contributed by atoms with E-state index in [4.69, 9.17) is 4.74 Å². The second-order valence-electron chi connectivity index (χ2n) is 7.36. The van der Waals surface area contributed by atoms with E-state index in [1.165, 1.54) is 15.5 Å². The average molecular weight is 410 g/mol. The summed E-state index contributed by atoms with van der Waals surface area (Å²) in [5, 5.41) is 4.28. The Balaban J connectivity index is 1.45. The molecule has 7 heteroatoms. The number of quaternary nitrogens is 1. The third-order valence-corrected chi connectivity index (χ3v) is 4.96. The lowest BCUT2D eigenvalue weighted by Crippen LogP contribution is -3.08. The van der Waals surface area contributed by atoms with E-state index in [9.17, 15) is 9.59 Å². The first-order valence-corrected chi connectivity index (χ1v) is 10.1. The molecule has 0 saturated carbocycles. The van der Waals surface area contributed by atoms with Crippen LogP contribution >= 0.6 is 0 Å². The monoisotopic (exact) mass is 409 g/mol. The van der Waals surface area contributed by atoms with Gasteiger partial charge in [0.05, 0.1) is 32.9 Å². The van der Waals surface area contributed by atoms with Crippen LogP contribution in [0, 0.1) is 0 Å². The second-order valence-corrected chi connectivity index (χ2v) is 7.36. The molecule has 3 rings (SSSR count). The molecule has 158 valence electrons. The van der Waals surface area contributed by atoms with Crippen LogP contribution in [-0.4, -0.2) is 50.6 Å². The minimum absolute atomic E-state index is 0.0237. The number of nitrogens with zero attached hydrogens (tertiary/aromatic N) is 1. The lowest BCUT2D eigenvalue weighted by molar-refractivity contribution is -0.892. The van der Waals surface area contributed by atoms with Crippen molar-refractivity contribution in [2.75, 3.05) is 33.8 Å². The highest BCUT2D eigenvalue weighted by molar-refractivity contribution is 5.88. The molecule has 0 saturated heterocycles. The zero-order valence-electron chi connectivity index (χ0n) is 17.5. The molecule has 0 radical (unpaired) electrons. The second kappa shape index (κ2) is 10.5. The third-order valence-electron chi connectivity index (χ3n) is 4.96.